The van der Waals surface area contributed by atoms with Crippen molar-refractivity contribution < 1.29 is 13.9 Å². The van der Waals surface area contributed by atoms with Gasteiger partial charge in [-0.3, -0.25) is 0 Å². The first-order valence-electron chi connectivity index (χ1n) is 8.30. The molecule has 0 saturated carbocycles. The molecule has 0 spiro atoms. The highest BCUT2D eigenvalue weighted by Gasteiger charge is 2.12. The standard InChI is InChI=1S/C19H21N3O3S/c1-13-17(26-18(22-13)16-4-3-11-25-16)12-21-19(23)20-10-9-14-5-7-15(24-2)8-6-14/h3-8,11H,9-10,12H2,1-2H3,(H2,20,21,23). The predicted octanol–water partition coefficient (Wildman–Crippen LogP) is 3.76. The number of aromatic nitrogens is 1. The van der Waals surface area contributed by atoms with Gasteiger partial charge in [-0.25, -0.2) is 9.78 Å². The first-order valence-corrected chi connectivity index (χ1v) is 9.12. The molecule has 0 aliphatic heterocycles. The number of benzene rings is 1. The van der Waals surface area contributed by atoms with E-state index in [-0.39, 0.29) is 6.03 Å². The van der Waals surface area contributed by atoms with Crippen LogP contribution in [0.25, 0.3) is 10.8 Å². The molecule has 26 heavy (non-hydrogen) atoms. The van der Waals surface area contributed by atoms with Gasteiger partial charge in [0.05, 0.1) is 25.6 Å². The number of hydrogen-bond acceptors (Lipinski definition) is 5. The highest BCUT2D eigenvalue weighted by molar-refractivity contribution is 7.15. The number of nitrogens with one attached hydrogen (secondary N) is 2. The Labute approximate surface area is 156 Å². The van der Waals surface area contributed by atoms with Crippen LogP contribution in [0.2, 0.25) is 0 Å². The van der Waals surface area contributed by atoms with Crippen molar-refractivity contribution in [1.82, 2.24) is 15.6 Å². The zero-order valence-electron chi connectivity index (χ0n) is 14.7. The van der Waals surface area contributed by atoms with Gasteiger partial charge in [0.1, 0.15) is 5.75 Å². The van der Waals surface area contributed by atoms with Crippen molar-refractivity contribution in [3.8, 4) is 16.5 Å². The van der Waals surface area contributed by atoms with Gasteiger partial charge in [0.15, 0.2) is 10.8 Å². The van der Waals surface area contributed by atoms with Gasteiger partial charge in [0.25, 0.3) is 0 Å². The smallest absolute Gasteiger partial charge is 0.315 e. The van der Waals surface area contributed by atoms with Crippen LogP contribution in [-0.2, 0) is 13.0 Å². The van der Waals surface area contributed by atoms with E-state index in [9.17, 15) is 4.79 Å². The summed E-state index contributed by atoms with van der Waals surface area (Å²) < 4.78 is 10.5. The normalized spacial score (nSPS) is 10.5. The highest BCUT2D eigenvalue weighted by atomic mass is 32.1. The molecule has 0 unspecified atom stereocenters. The lowest BCUT2D eigenvalue weighted by molar-refractivity contribution is 0.240. The van der Waals surface area contributed by atoms with Crippen molar-refractivity contribution in [3.05, 3.63) is 58.8 Å². The molecular weight excluding hydrogens is 350 g/mol. The van der Waals surface area contributed by atoms with Crippen molar-refractivity contribution >= 4 is 17.4 Å². The first kappa shape index (κ1) is 18.0. The monoisotopic (exact) mass is 371 g/mol. The third-order valence-electron chi connectivity index (χ3n) is 3.89. The summed E-state index contributed by atoms with van der Waals surface area (Å²) in [6.45, 7) is 2.94. The zero-order chi connectivity index (χ0) is 18.4. The fourth-order valence-corrected chi connectivity index (χ4v) is 3.40. The summed E-state index contributed by atoms with van der Waals surface area (Å²) in [6.07, 6.45) is 2.39. The molecule has 0 saturated heterocycles. The van der Waals surface area contributed by atoms with E-state index in [4.69, 9.17) is 9.15 Å². The second-order valence-corrected chi connectivity index (χ2v) is 6.80. The van der Waals surface area contributed by atoms with E-state index in [2.05, 4.69) is 15.6 Å². The number of ether oxygens (including phenoxy) is 1. The second kappa shape index (κ2) is 8.53. The lowest BCUT2D eigenvalue weighted by Crippen LogP contribution is -2.36. The van der Waals surface area contributed by atoms with Gasteiger partial charge < -0.3 is 19.8 Å². The molecule has 0 aliphatic carbocycles. The third kappa shape index (κ3) is 4.64. The van der Waals surface area contributed by atoms with Gasteiger partial charge in [0.2, 0.25) is 0 Å². The first-order chi connectivity index (χ1) is 12.7. The van der Waals surface area contributed by atoms with E-state index in [0.717, 1.165) is 39.1 Å². The molecule has 0 radical (unpaired) electrons. The van der Waals surface area contributed by atoms with Crippen LogP contribution in [0.3, 0.4) is 0 Å². The topological polar surface area (TPSA) is 76.4 Å². The van der Waals surface area contributed by atoms with Crippen LogP contribution in [0, 0.1) is 6.92 Å². The van der Waals surface area contributed by atoms with Gasteiger partial charge in [-0.1, -0.05) is 12.1 Å². The third-order valence-corrected chi connectivity index (χ3v) is 5.06. The van der Waals surface area contributed by atoms with Gasteiger partial charge in [0, 0.05) is 11.4 Å². The summed E-state index contributed by atoms with van der Waals surface area (Å²) in [6, 6.07) is 11.3. The highest BCUT2D eigenvalue weighted by Crippen LogP contribution is 2.27. The molecule has 1 aromatic carbocycles. The Hall–Kier alpha value is -2.80. The van der Waals surface area contributed by atoms with Crippen LogP contribution in [0.4, 0.5) is 4.79 Å². The van der Waals surface area contributed by atoms with Gasteiger partial charge in [-0.15, -0.1) is 11.3 Å². The predicted molar refractivity (Wildman–Crippen MR) is 101 cm³/mol. The van der Waals surface area contributed by atoms with E-state index in [1.165, 1.54) is 11.3 Å². The van der Waals surface area contributed by atoms with Crippen LogP contribution < -0.4 is 15.4 Å². The number of methoxy groups -OCH3 is 1. The van der Waals surface area contributed by atoms with E-state index in [0.29, 0.717) is 13.1 Å². The molecule has 2 amide bonds. The van der Waals surface area contributed by atoms with Crippen molar-refractivity contribution in [2.24, 2.45) is 0 Å². The molecule has 7 heteroatoms. The zero-order valence-corrected chi connectivity index (χ0v) is 15.6. The van der Waals surface area contributed by atoms with Crippen LogP contribution in [0.15, 0.2) is 47.1 Å². The Morgan fingerprint density at radius 3 is 2.73 bits per heavy atom. The van der Waals surface area contributed by atoms with E-state index < -0.39 is 0 Å². The Morgan fingerprint density at radius 2 is 2.04 bits per heavy atom. The molecule has 2 heterocycles. The van der Waals surface area contributed by atoms with Crippen LogP contribution in [-0.4, -0.2) is 24.7 Å². The van der Waals surface area contributed by atoms with Crippen molar-refractivity contribution in [1.29, 1.82) is 0 Å². The molecule has 0 aliphatic rings. The maximum absolute atomic E-state index is 12.0. The van der Waals surface area contributed by atoms with Crippen molar-refractivity contribution in [2.45, 2.75) is 19.9 Å². The summed E-state index contributed by atoms with van der Waals surface area (Å²) in [4.78, 5) is 17.5. The SMILES string of the molecule is COc1ccc(CCNC(=O)NCc2sc(-c3ccco3)nc2C)cc1. The lowest BCUT2D eigenvalue weighted by Gasteiger charge is -2.07. The Kier molecular flexibility index (Phi) is 5.91. The molecule has 3 aromatic rings. The van der Waals surface area contributed by atoms with Crippen LogP contribution >= 0.6 is 11.3 Å². The number of furan rings is 1. The molecule has 0 fully saturated rings. The van der Waals surface area contributed by atoms with Gasteiger partial charge in [-0.2, -0.15) is 0 Å². The minimum atomic E-state index is -0.189. The fourth-order valence-electron chi connectivity index (χ4n) is 2.43. The number of carbonyl (C=O) groups excluding carboxylic acids is 1. The number of hydrogen-bond donors (Lipinski definition) is 2. The van der Waals surface area contributed by atoms with E-state index >= 15 is 0 Å². The summed E-state index contributed by atoms with van der Waals surface area (Å²) in [5.74, 6) is 1.57. The average Bonchev–Trinajstić information content (AvgIpc) is 3.30. The number of rotatable bonds is 7. The molecule has 0 bridgehead atoms. The number of carbonyl (C=O) groups is 1. The largest absolute Gasteiger partial charge is 0.497 e. The van der Waals surface area contributed by atoms with Crippen LogP contribution in [0.1, 0.15) is 16.1 Å². The van der Waals surface area contributed by atoms with E-state index in [1.807, 2.05) is 43.3 Å². The Balaban J connectivity index is 1.44. The fraction of sp³-hybridized carbons (Fsp3) is 0.263. The quantitative estimate of drug-likeness (QED) is 0.663. The minimum Gasteiger partial charge on any atom is -0.497 e. The number of thiazole rings is 1. The molecule has 0 atom stereocenters. The summed E-state index contributed by atoms with van der Waals surface area (Å²) >= 11 is 1.52. The van der Waals surface area contributed by atoms with Crippen molar-refractivity contribution in [3.63, 3.8) is 0 Å². The summed E-state index contributed by atoms with van der Waals surface area (Å²) in [5, 5.41) is 6.56. The number of aryl methyl sites for hydroxylation is 1. The van der Waals surface area contributed by atoms with Gasteiger partial charge >= 0.3 is 6.03 Å². The molecule has 136 valence electrons. The Bertz CT molecular complexity index is 842. The summed E-state index contributed by atoms with van der Waals surface area (Å²) in [5.41, 5.74) is 2.05. The maximum Gasteiger partial charge on any atom is 0.315 e. The molecular formula is C19H21N3O3S. The number of amides is 2. The lowest BCUT2D eigenvalue weighted by atomic mass is 10.1. The number of urea groups is 1. The molecule has 2 aromatic heterocycles. The molecule has 3 rings (SSSR count). The van der Waals surface area contributed by atoms with Gasteiger partial charge in [-0.05, 0) is 43.2 Å². The maximum atomic E-state index is 12.0. The minimum absolute atomic E-state index is 0.189. The van der Waals surface area contributed by atoms with Crippen LogP contribution in [0.5, 0.6) is 5.75 Å². The number of nitrogens with zero attached hydrogens (tertiary/aromatic N) is 1. The molecule has 2 N–H and O–H groups in total. The average molecular weight is 371 g/mol. The second-order valence-electron chi connectivity index (χ2n) is 5.71. The molecule has 6 nitrogen and oxygen atoms in total. The summed E-state index contributed by atoms with van der Waals surface area (Å²) in [7, 11) is 1.64. The van der Waals surface area contributed by atoms with E-state index in [1.54, 1.807) is 13.4 Å². The van der Waals surface area contributed by atoms with Crippen molar-refractivity contribution in [2.75, 3.05) is 13.7 Å². The Morgan fingerprint density at radius 1 is 1.23 bits per heavy atom.